The Morgan fingerprint density at radius 2 is 1.95 bits per heavy atom. The van der Waals surface area contributed by atoms with Crippen molar-refractivity contribution < 1.29 is 13.2 Å². The molecule has 2 atom stereocenters. The fraction of sp³-hybridized carbons (Fsp3) is 0.533. The quantitative estimate of drug-likeness (QED) is 0.927. The average Bonchev–Trinajstić information content (AvgIpc) is 2.40. The maximum absolute atomic E-state index is 12.3. The van der Waals surface area contributed by atoms with Crippen LogP contribution < -0.4 is 5.32 Å². The minimum atomic E-state index is -3.45. The van der Waals surface area contributed by atoms with Gasteiger partial charge in [-0.2, -0.15) is 0 Å². The molecule has 4 nitrogen and oxygen atoms in total. The molecule has 1 aliphatic carbocycles. The second kappa shape index (κ2) is 6.36. The van der Waals surface area contributed by atoms with Crippen LogP contribution >= 0.6 is 11.6 Å². The van der Waals surface area contributed by atoms with Crippen LogP contribution in [-0.4, -0.2) is 26.6 Å². The van der Waals surface area contributed by atoms with Crippen LogP contribution in [0, 0.1) is 5.92 Å². The third kappa shape index (κ3) is 3.98. The number of amides is 1. The Balaban J connectivity index is 2.20. The minimum Gasteiger partial charge on any atom is -0.349 e. The van der Waals surface area contributed by atoms with Crippen molar-refractivity contribution >= 4 is 27.3 Å². The van der Waals surface area contributed by atoms with Crippen LogP contribution in [0.4, 0.5) is 0 Å². The Labute approximate surface area is 130 Å². The number of rotatable bonds is 3. The zero-order valence-corrected chi connectivity index (χ0v) is 13.8. The number of sulfone groups is 1. The van der Waals surface area contributed by atoms with E-state index in [2.05, 4.69) is 12.2 Å². The highest BCUT2D eigenvalue weighted by molar-refractivity contribution is 7.90. The predicted molar refractivity (Wildman–Crippen MR) is 83.4 cm³/mol. The summed E-state index contributed by atoms with van der Waals surface area (Å²) in [5, 5.41) is 3.15. The normalized spacial score (nSPS) is 22.8. The van der Waals surface area contributed by atoms with Crippen LogP contribution in [0.3, 0.4) is 0 Å². The van der Waals surface area contributed by atoms with Crippen molar-refractivity contribution in [1.82, 2.24) is 5.32 Å². The van der Waals surface area contributed by atoms with Gasteiger partial charge in [-0.1, -0.05) is 31.4 Å². The molecule has 1 saturated carbocycles. The van der Waals surface area contributed by atoms with Crippen molar-refractivity contribution in [3.8, 4) is 0 Å². The fourth-order valence-electron chi connectivity index (χ4n) is 2.71. The van der Waals surface area contributed by atoms with Gasteiger partial charge in [0.2, 0.25) is 0 Å². The molecule has 0 heterocycles. The van der Waals surface area contributed by atoms with Gasteiger partial charge in [0.25, 0.3) is 5.91 Å². The molecule has 1 N–H and O–H groups in total. The second-order valence-electron chi connectivity index (χ2n) is 5.76. The molecule has 0 aromatic heterocycles. The summed E-state index contributed by atoms with van der Waals surface area (Å²) in [4.78, 5) is 12.3. The van der Waals surface area contributed by atoms with Gasteiger partial charge in [-0.3, -0.25) is 4.79 Å². The maximum atomic E-state index is 12.3. The molecule has 0 spiro atoms. The second-order valence-corrected chi connectivity index (χ2v) is 8.15. The number of benzene rings is 1. The molecule has 0 bridgehead atoms. The zero-order valence-electron chi connectivity index (χ0n) is 12.2. The molecule has 0 radical (unpaired) electrons. The summed E-state index contributed by atoms with van der Waals surface area (Å²) in [7, 11) is -3.45. The number of carbonyl (C=O) groups excluding carboxylic acids is 1. The first-order valence-corrected chi connectivity index (χ1v) is 9.36. The van der Waals surface area contributed by atoms with E-state index < -0.39 is 9.84 Å². The van der Waals surface area contributed by atoms with Gasteiger partial charge in [0.1, 0.15) is 0 Å². The van der Waals surface area contributed by atoms with Crippen LogP contribution in [0.2, 0.25) is 5.02 Å². The van der Waals surface area contributed by atoms with Crippen LogP contribution in [0.15, 0.2) is 23.1 Å². The van der Waals surface area contributed by atoms with Gasteiger partial charge in [-0.05, 0) is 37.0 Å². The standard InChI is InChI=1S/C15H20ClNO3S/c1-10-5-3-4-6-13(10)17-15(18)11-7-8-12(16)14(9-11)21(2,19)20/h7-10,13H,3-6H2,1-2H3,(H,17,18)/t10-,13+/m1/s1. The SMILES string of the molecule is C[C@@H]1CCCC[C@@H]1NC(=O)c1ccc(Cl)c(S(C)(=O)=O)c1. The highest BCUT2D eigenvalue weighted by Crippen LogP contribution is 2.25. The Hall–Kier alpha value is -1.07. The first-order chi connectivity index (χ1) is 9.79. The molecule has 1 aliphatic rings. The molecule has 116 valence electrons. The molecular formula is C15H20ClNO3S. The predicted octanol–water partition coefficient (Wildman–Crippen LogP) is 3.05. The number of hydrogen-bond donors (Lipinski definition) is 1. The maximum Gasteiger partial charge on any atom is 0.251 e. The van der Waals surface area contributed by atoms with Crippen LogP contribution in [0.5, 0.6) is 0 Å². The zero-order chi connectivity index (χ0) is 15.6. The van der Waals surface area contributed by atoms with Gasteiger partial charge in [0, 0.05) is 17.9 Å². The van der Waals surface area contributed by atoms with E-state index in [0.717, 1.165) is 25.5 Å². The van der Waals surface area contributed by atoms with Crippen molar-refractivity contribution in [2.24, 2.45) is 5.92 Å². The first kappa shape index (κ1) is 16.3. The van der Waals surface area contributed by atoms with Gasteiger partial charge in [0.05, 0.1) is 9.92 Å². The Bertz CT molecular complexity index is 642. The van der Waals surface area contributed by atoms with Crippen molar-refractivity contribution in [2.75, 3.05) is 6.26 Å². The molecular weight excluding hydrogens is 310 g/mol. The lowest BCUT2D eigenvalue weighted by Crippen LogP contribution is -2.41. The Morgan fingerprint density at radius 3 is 2.57 bits per heavy atom. The monoisotopic (exact) mass is 329 g/mol. The van der Waals surface area contributed by atoms with Crippen LogP contribution in [0.25, 0.3) is 0 Å². The first-order valence-electron chi connectivity index (χ1n) is 7.09. The lowest BCUT2D eigenvalue weighted by atomic mass is 9.86. The summed E-state index contributed by atoms with van der Waals surface area (Å²) in [6.45, 7) is 2.13. The molecule has 6 heteroatoms. The Morgan fingerprint density at radius 1 is 1.29 bits per heavy atom. The van der Waals surface area contributed by atoms with Crippen molar-refractivity contribution in [3.63, 3.8) is 0 Å². The molecule has 1 aromatic rings. The van der Waals surface area contributed by atoms with Crippen molar-refractivity contribution in [3.05, 3.63) is 28.8 Å². The number of carbonyl (C=O) groups is 1. The highest BCUT2D eigenvalue weighted by Gasteiger charge is 2.24. The third-order valence-electron chi connectivity index (χ3n) is 4.02. The van der Waals surface area contributed by atoms with E-state index in [1.54, 1.807) is 6.07 Å². The molecule has 2 rings (SSSR count). The highest BCUT2D eigenvalue weighted by atomic mass is 35.5. The Kier molecular flexibility index (Phi) is 4.94. The topological polar surface area (TPSA) is 63.2 Å². The van der Waals surface area contributed by atoms with Crippen molar-refractivity contribution in [2.45, 2.75) is 43.5 Å². The van der Waals surface area contributed by atoms with Gasteiger partial charge in [0.15, 0.2) is 9.84 Å². The molecule has 21 heavy (non-hydrogen) atoms. The van der Waals surface area contributed by atoms with E-state index in [1.807, 2.05) is 0 Å². The lowest BCUT2D eigenvalue weighted by molar-refractivity contribution is 0.0910. The number of halogens is 1. The fourth-order valence-corrected chi connectivity index (χ4v) is 4.01. The lowest BCUT2D eigenvalue weighted by Gasteiger charge is -2.29. The number of hydrogen-bond acceptors (Lipinski definition) is 3. The summed E-state index contributed by atoms with van der Waals surface area (Å²) in [5.74, 6) is 0.208. The molecule has 0 aliphatic heterocycles. The molecule has 1 aromatic carbocycles. The van der Waals surface area contributed by atoms with E-state index in [9.17, 15) is 13.2 Å². The average molecular weight is 330 g/mol. The van der Waals surface area contributed by atoms with Crippen molar-refractivity contribution in [1.29, 1.82) is 0 Å². The molecule has 1 amide bonds. The minimum absolute atomic E-state index is 0.00601. The summed E-state index contributed by atoms with van der Waals surface area (Å²) in [6.07, 6.45) is 5.48. The van der Waals surface area contributed by atoms with Crippen LogP contribution in [0.1, 0.15) is 43.0 Å². The summed E-state index contributed by atoms with van der Waals surface area (Å²) < 4.78 is 23.3. The van der Waals surface area contributed by atoms with E-state index in [0.29, 0.717) is 11.5 Å². The summed E-state index contributed by atoms with van der Waals surface area (Å²) in [5.41, 5.74) is 0.331. The molecule has 1 fully saturated rings. The van der Waals surface area contributed by atoms with Gasteiger partial charge in [-0.15, -0.1) is 0 Å². The molecule has 0 unspecified atom stereocenters. The van der Waals surface area contributed by atoms with Gasteiger partial charge < -0.3 is 5.32 Å². The van der Waals surface area contributed by atoms with E-state index >= 15 is 0 Å². The summed E-state index contributed by atoms with van der Waals surface area (Å²) >= 11 is 5.89. The van der Waals surface area contributed by atoms with E-state index in [-0.39, 0.29) is 21.9 Å². The smallest absolute Gasteiger partial charge is 0.251 e. The van der Waals surface area contributed by atoms with Crippen LogP contribution in [-0.2, 0) is 9.84 Å². The van der Waals surface area contributed by atoms with E-state index in [4.69, 9.17) is 11.6 Å². The molecule has 0 saturated heterocycles. The largest absolute Gasteiger partial charge is 0.349 e. The van der Waals surface area contributed by atoms with E-state index in [1.165, 1.54) is 18.6 Å². The van der Waals surface area contributed by atoms with Gasteiger partial charge in [-0.25, -0.2) is 8.42 Å². The number of nitrogens with one attached hydrogen (secondary N) is 1. The third-order valence-corrected chi connectivity index (χ3v) is 5.60. The van der Waals surface area contributed by atoms with Gasteiger partial charge >= 0.3 is 0 Å². The summed E-state index contributed by atoms with van der Waals surface area (Å²) in [6, 6.07) is 4.51.